The molecule has 7 heteroatoms. The number of esters is 1. The molecule has 0 bridgehead atoms. The first-order chi connectivity index (χ1) is 10.6. The average molecular weight is 327 g/mol. The van der Waals surface area contributed by atoms with Crippen molar-refractivity contribution in [3.8, 4) is 5.88 Å². The van der Waals surface area contributed by atoms with Crippen molar-refractivity contribution in [2.75, 3.05) is 19.8 Å². The van der Waals surface area contributed by atoms with Crippen LogP contribution in [0.3, 0.4) is 0 Å². The zero-order valence-electron chi connectivity index (χ0n) is 12.9. The summed E-state index contributed by atoms with van der Waals surface area (Å²) in [5.74, 6) is -0.366. The van der Waals surface area contributed by atoms with Crippen molar-refractivity contribution in [3.05, 3.63) is 9.88 Å². The Kier molecular flexibility index (Phi) is 4.65. The van der Waals surface area contributed by atoms with E-state index in [9.17, 15) is 4.79 Å². The molecule has 22 heavy (non-hydrogen) atoms. The molecule has 1 aromatic rings. The molecule has 0 N–H and O–H groups in total. The van der Waals surface area contributed by atoms with E-state index in [1.165, 1.54) is 11.3 Å². The zero-order valence-corrected chi connectivity index (χ0v) is 13.7. The molecule has 122 valence electrons. The van der Waals surface area contributed by atoms with Crippen molar-refractivity contribution < 1.29 is 23.7 Å². The topological polar surface area (TPSA) is 66.9 Å². The highest BCUT2D eigenvalue weighted by Gasteiger charge is 2.41. The van der Waals surface area contributed by atoms with Gasteiger partial charge < -0.3 is 18.9 Å². The van der Waals surface area contributed by atoms with Gasteiger partial charge in [0.15, 0.2) is 10.7 Å². The predicted octanol–water partition coefficient (Wildman–Crippen LogP) is 2.69. The second-order valence-electron chi connectivity index (χ2n) is 5.51. The van der Waals surface area contributed by atoms with Gasteiger partial charge in [-0.3, -0.25) is 0 Å². The van der Waals surface area contributed by atoms with Gasteiger partial charge in [-0.25, -0.2) is 9.78 Å². The Morgan fingerprint density at radius 2 is 2.05 bits per heavy atom. The minimum absolute atomic E-state index is 0.0353. The van der Waals surface area contributed by atoms with Gasteiger partial charge in [-0.15, -0.1) is 11.3 Å². The van der Waals surface area contributed by atoms with Crippen molar-refractivity contribution in [1.82, 2.24) is 4.98 Å². The van der Waals surface area contributed by atoms with Gasteiger partial charge in [0.05, 0.1) is 24.8 Å². The fourth-order valence-electron chi connectivity index (χ4n) is 2.91. The summed E-state index contributed by atoms with van der Waals surface area (Å²) < 4.78 is 22.4. The SMILES string of the molecule is CCOC(=O)c1sc(C)nc1OC1CCC2(CC1)OCCO2. The average Bonchev–Trinajstić information content (AvgIpc) is 3.09. The Bertz CT molecular complexity index is 528. The maximum Gasteiger partial charge on any atom is 0.353 e. The van der Waals surface area contributed by atoms with Gasteiger partial charge in [-0.2, -0.15) is 0 Å². The Morgan fingerprint density at radius 1 is 1.36 bits per heavy atom. The van der Waals surface area contributed by atoms with Crippen LogP contribution in [0.2, 0.25) is 0 Å². The highest BCUT2D eigenvalue weighted by atomic mass is 32.1. The van der Waals surface area contributed by atoms with Crippen molar-refractivity contribution in [3.63, 3.8) is 0 Å². The van der Waals surface area contributed by atoms with Gasteiger partial charge in [-0.05, 0) is 26.7 Å². The van der Waals surface area contributed by atoms with Gasteiger partial charge in [0.1, 0.15) is 6.10 Å². The van der Waals surface area contributed by atoms with Crippen molar-refractivity contribution in [2.24, 2.45) is 0 Å². The van der Waals surface area contributed by atoms with Crippen LogP contribution >= 0.6 is 11.3 Å². The van der Waals surface area contributed by atoms with Crippen LogP contribution in [-0.4, -0.2) is 42.7 Å². The van der Waals surface area contributed by atoms with Crippen LogP contribution in [0.5, 0.6) is 5.88 Å². The number of hydrogen-bond acceptors (Lipinski definition) is 7. The van der Waals surface area contributed by atoms with E-state index in [2.05, 4.69) is 4.98 Å². The highest BCUT2D eigenvalue weighted by Crippen LogP contribution is 2.38. The van der Waals surface area contributed by atoms with Crippen LogP contribution < -0.4 is 4.74 Å². The number of carbonyl (C=O) groups is 1. The summed E-state index contributed by atoms with van der Waals surface area (Å²) in [6, 6.07) is 0. The number of nitrogens with zero attached hydrogens (tertiary/aromatic N) is 1. The standard InChI is InChI=1S/C15H21NO5S/c1-3-18-14(17)12-13(16-10(2)22-12)21-11-4-6-15(7-5-11)19-8-9-20-15/h11H,3-9H2,1-2H3. The summed E-state index contributed by atoms with van der Waals surface area (Å²) in [4.78, 5) is 16.7. The Balaban J connectivity index is 1.63. The molecule has 2 fully saturated rings. The molecular formula is C15H21NO5S. The second-order valence-corrected chi connectivity index (χ2v) is 6.72. The van der Waals surface area contributed by atoms with Crippen LogP contribution in [0.1, 0.15) is 47.3 Å². The molecule has 2 heterocycles. The van der Waals surface area contributed by atoms with Crippen LogP contribution in [0.15, 0.2) is 0 Å². The lowest BCUT2D eigenvalue weighted by molar-refractivity contribution is -0.186. The van der Waals surface area contributed by atoms with Crippen LogP contribution in [0.4, 0.5) is 0 Å². The molecule has 1 aliphatic carbocycles. The van der Waals surface area contributed by atoms with E-state index in [1.54, 1.807) is 6.92 Å². The number of ether oxygens (including phenoxy) is 4. The molecule has 6 nitrogen and oxygen atoms in total. The summed E-state index contributed by atoms with van der Waals surface area (Å²) in [7, 11) is 0. The second kappa shape index (κ2) is 6.52. The summed E-state index contributed by atoms with van der Waals surface area (Å²) in [6.45, 7) is 5.33. The van der Waals surface area contributed by atoms with E-state index < -0.39 is 5.79 Å². The number of carbonyl (C=O) groups excluding carboxylic acids is 1. The smallest absolute Gasteiger partial charge is 0.353 e. The quantitative estimate of drug-likeness (QED) is 0.792. The molecule has 0 aromatic carbocycles. The molecule has 0 radical (unpaired) electrons. The molecule has 1 saturated carbocycles. The van der Waals surface area contributed by atoms with Gasteiger partial charge in [0, 0.05) is 12.8 Å². The Hall–Kier alpha value is -1.18. The lowest BCUT2D eigenvalue weighted by Gasteiger charge is -2.35. The monoisotopic (exact) mass is 327 g/mol. The minimum Gasteiger partial charge on any atom is -0.473 e. The third-order valence-corrected chi connectivity index (χ3v) is 4.88. The molecule has 0 atom stereocenters. The first kappa shape index (κ1) is 15.7. The molecule has 0 unspecified atom stereocenters. The van der Waals surface area contributed by atoms with Crippen molar-refractivity contribution in [1.29, 1.82) is 0 Å². The summed E-state index contributed by atoms with van der Waals surface area (Å²) in [5, 5.41) is 0.799. The van der Waals surface area contributed by atoms with Gasteiger partial charge in [0.2, 0.25) is 5.88 Å². The molecule has 0 amide bonds. The van der Waals surface area contributed by atoms with Crippen LogP contribution in [0, 0.1) is 6.92 Å². The fraction of sp³-hybridized carbons (Fsp3) is 0.733. The third kappa shape index (κ3) is 3.26. The lowest BCUT2D eigenvalue weighted by Crippen LogP contribution is -2.38. The van der Waals surface area contributed by atoms with Gasteiger partial charge in [0.25, 0.3) is 0 Å². The number of aryl methyl sites for hydroxylation is 1. The van der Waals surface area contributed by atoms with Crippen LogP contribution in [-0.2, 0) is 14.2 Å². The highest BCUT2D eigenvalue weighted by molar-refractivity contribution is 7.13. The van der Waals surface area contributed by atoms with E-state index in [4.69, 9.17) is 18.9 Å². The fourth-order valence-corrected chi connectivity index (χ4v) is 3.65. The largest absolute Gasteiger partial charge is 0.473 e. The summed E-state index contributed by atoms with van der Waals surface area (Å²) in [6.07, 6.45) is 3.33. The molecule has 1 saturated heterocycles. The predicted molar refractivity (Wildman–Crippen MR) is 80.3 cm³/mol. The van der Waals surface area contributed by atoms with Crippen molar-refractivity contribution in [2.45, 2.75) is 51.4 Å². The number of aromatic nitrogens is 1. The van der Waals surface area contributed by atoms with E-state index in [0.29, 0.717) is 30.6 Å². The molecule has 1 aliphatic heterocycles. The molecule has 2 aliphatic rings. The van der Waals surface area contributed by atoms with E-state index in [1.807, 2.05) is 6.92 Å². The molecule has 3 rings (SSSR count). The Morgan fingerprint density at radius 3 is 2.68 bits per heavy atom. The molecular weight excluding hydrogens is 306 g/mol. The summed E-state index contributed by atoms with van der Waals surface area (Å²) in [5.41, 5.74) is 0. The van der Waals surface area contributed by atoms with E-state index in [0.717, 1.165) is 30.7 Å². The number of rotatable bonds is 4. The maximum atomic E-state index is 12.0. The zero-order chi connectivity index (χ0) is 15.6. The first-order valence-electron chi connectivity index (χ1n) is 7.71. The molecule has 1 aromatic heterocycles. The third-order valence-electron chi connectivity index (χ3n) is 3.95. The van der Waals surface area contributed by atoms with Gasteiger partial charge in [-0.1, -0.05) is 0 Å². The number of thiazole rings is 1. The lowest BCUT2D eigenvalue weighted by atomic mass is 9.92. The number of hydrogen-bond donors (Lipinski definition) is 0. The normalized spacial score (nSPS) is 21.2. The summed E-state index contributed by atoms with van der Waals surface area (Å²) >= 11 is 1.31. The van der Waals surface area contributed by atoms with E-state index in [-0.39, 0.29) is 12.1 Å². The minimum atomic E-state index is -0.401. The molecule has 1 spiro atoms. The van der Waals surface area contributed by atoms with Gasteiger partial charge >= 0.3 is 5.97 Å². The van der Waals surface area contributed by atoms with Crippen molar-refractivity contribution >= 4 is 17.3 Å². The van der Waals surface area contributed by atoms with Crippen LogP contribution in [0.25, 0.3) is 0 Å². The van der Waals surface area contributed by atoms with E-state index >= 15 is 0 Å². The Labute approximate surface area is 133 Å². The first-order valence-corrected chi connectivity index (χ1v) is 8.53. The maximum absolute atomic E-state index is 12.0.